The molecule has 1 aromatic heterocycles. The number of methoxy groups -OCH3 is 1. The van der Waals surface area contributed by atoms with Crippen LogP contribution < -0.4 is 4.74 Å². The molecule has 1 aliphatic heterocycles. The minimum atomic E-state index is -1.05. The molecule has 0 radical (unpaired) electrons. The van der Waals surface area contributed by atoms with Crippen molar-refractivity contribution in [1.82, 2.24) is 9.88 Å². The first-order valence-corrected chi connectivity index (χ1v) is 8.17. The molecule has 0 bridgehead atoms. The normalized spacial score (nSPS) is 28.5. The van der Waals surface area contributed by atoms with E-state index in [1.807, 2.05) is 12.1 Å². The molecule has 1 saturated heterocycles. The number of aliphatic hydroxyl groups excluding tert-OH is 1. The Morgan fingerprint density at radius 3 is 2.91 bits per heavy atom. The van der Waals surface area contributed by atoms with Gasteiger partial charge in [-0.1, -0.05) is 12.8 Å². The maximum atomic E-state index is 11.9. The van der Waals surface area contributed by atoms with Crippen LogP contribution in [0.25, 0.3) is 0 Å². The Balaban J connectivity index is 1.77. The first kappa shape index (κ1) is 16.2. The summed E-state index contributed by atoms with van der Waals surface area (Å²) in [6.45, 7) is 1.57. The lowest BCUT2D eigenvalue weighted by Crippen LogP contribution is -2.56. The number of piperidine rings is 1. The zero-order valence-corrected chi connectivity index (χ0v) is 13.4. The van der Waals surface area contributed by atoms with E-state index in [0.29, 0.717) is 44.1 Å². The van der Waals surface area contributed by atoms with Crippen LogP contribution in [-0.4, -0.2) is 52.4 Å². The molecule has 2 atom stereocenters. The zero-order valence-electron chi connectivity index (χ0n) is 13.4. The molecule has 1 aromatic rings. The molecule has 0 spiro atoms. The number of nitrogens with zero attached hydrogens (tertiary/aromatic N) is 2. The molecule has 2 N–H and O–H groups in total. The predicted molar refractivity (Wildman–Crippen MR) is 84.1 cm³/mol. The topological polar surface area (TPSA) is 82.9 Å². The predicted octanol–water partition coefficient (Wildman–Crippen LogP) is 1.53. The van der Waals surface area contributed by atoms with Crippen LogP contribution in [0.1, 0.15) is 31.4 Å². The van der Waals surface area contributed by atoms with Gasteiger partial charge in [0.2, 0.25) is 0 Å². The van der Waals surface area contributed by atoms with Crippen LogP contribution in [-0.2, 0) is 11.3 Å². The minimum absolute atomic E-state index is 0.361. The Labute approximate surface area is 136 Å². The summed E-state index contributed by atoms with van der Waals surface area (Å²) in [4.78, 5) is 18.4. The summed E-state index contributed by atoms with van der Waals surface area (Å²) < 4.78 is 5.33. The fraction of sp³-hybridized carbons (Fsp3) is 0.647. The van der Waals surface area contributed by atoms with E-state index >= 15 is 0 Å². The van der Waals surface area contributed by atoms with Crippen molar-refractivity contribution in [3.05, 3.63) is 24.0 Å². The second-order valence-corrected chi connectivity index (χ2v) is 6.78. The van der Waals surface area contributed by atoms with Crippen LogP contribution in [0, 0.1) is 11.3 Å². The van der Waals surface area contributed by atoms with E-state index in [9.17, 15) is 15.0 Å². The molecule has 0 aromatic carbocycles. The van der Waals surface area contributed by atoms with E-state index in [-0.39, 0.29) is 0 Å². The highest BCUT2D eigenvalue weighted by Crippen LogP contribution is 2.45. The average Bonchev–Trinajstić information content (AvgIpc) is 3.35. The summed E-state index contributed by atoms with van der Waals surface area (Å²) in [5.41, 5.74) is -0.251. The number of carboxylic acids is 1. The maximum Gasteiger partial charge on any atom is 0.313 e. The van der Waals surface area contributed by atoms with Gasteiger partial charge in [-0.25, -0.2) is 0 Å². The van der Waals surface area contributed by atoms with Gasteiger partial charge in [0.25, 0.3) is 0 Å². The molecule has 23 heavy (non-hydrogen) atoms. The average molecular weight is 320 g/mol. The smallest absolute Gasteiger partial charge is 0.313 e. The van der Waals surface area contributed by atoms with Crippen molar-refractivity contribution >= 4 is 5.97 Å². The highest BCUT2D eigenvalue weighted by Gasteiger charge is 2.51. The molecule has 3 rings (SSSR count). The third-order valence-corrected chi connectivity index (χ3v) is 5.08. The third kappa shape index (κ3) is 3.33. The SMILES string of the molecule is COc1cccnc1CN1CC[C@@H](O)[C@](CC2CC2)(C(=O)O)C1. The molecule has 6 nitrogen and oxygen atoms in total. The number of aliphatic hydroxyl groups is 1. The van der Waals surface area contributed by atoms with Crippen LogP contribution in [0.3, 0.4) is 0 Å². The summed E-state index contributed by atoms with van der Waals surface area (Å²) in [6, 6.07) is 3.67. The minimum Gasteiger partial charge on any atom is -0.495 e. The highest BCUT2D eigenvalue weighted by atomic mass is 16.5. The lowest BCUT2D eigenvalue weighted by Gasteiger charge is -2.43. The molecule has 0 unspecified atom stereocenters. The van der Waals surface area contributed by atoms with Gasteiger partial charge in [0, 0.05) is 25.8 Å². The fourth-order valence-corrected chi connectivity index (χ4v) is 3.57. The zero-order chi connectivity index (χ0) is 16.4. The Kier molecular flexibility index (Phi) is 4.55. The van der Waals surface area contributed by atoms with E-state index in [1.54, 1.807) is 13.3 Å². The lowest BCUT2D eigenvalue weighted by atomic mass is 9.73. The van der Waals surface area contributed by atoms with Crippen LogP contribution in [0.2, 0.25) is 0 Å². The van der Waals surface area contributed by atoms with Crippen molar-refractivity contribution in [1.29, 1.82) is 0 Å². The number of aromatic nitrogens is 1. The summed E-state index contributed by atoms with van der Waals surface area (Å²) in [5.74, 6) is 0.279. The van der Waals surface area contributed by atoms with Crippen LogP contribution in [0.15, 0.2) is 18.3 Å². The molecule has 1 aliphatic carbocycles. The third-order valence-electron chi connectivity index (χ3n) is 5.08. The molecule has 0 amide bonds. The van der Waals surface area contributed by atoms with E-state index in [4.69, 9.17) is 4.74 Å². The van der Waals surface area contributed by atoms with Gasteiger partial charge >= 0.3 is 5.97 Å². The van der Waals surface area contributed by atoms with E-state index in [1.165, 1.54) is 0 Å². The summed E-state index contributed by atoms with van der Waals surface area (Å²) in [7, 11) is 1.61. The van der Waals surface area contributed by atoms with Crippen molar-refractivity contribution in [2.75, 3.05) is 20.2 Å². The van der Waals surface area contributed by atoms with Gasteiger partial charge in [0.1, 0.15) is 11.2 Å². The van der Waals surface area contributed by atoms with E-state index in [0.717, 1.165) is 18.5 Å². The van der Waals surface area contributed by atoms with Gasteiger partial charge in [-0.3, -0.25) is 14.7 Å². The number of carboxylic acid groups (broad SMARTS) is 1. The molecule has 2 heterocycles. The second kappa shape index (κ2) is 6.45. The number of rotatable bonds is 6. The number of carbonyl (C=O) groups is 1. The molecule has 2 fully saturated rings. The molecule has 126 valence electrons. The molecular formula is C17H24N2O4. The number of pyridine rings is 1. The van der Waals surface area contributed by atoms with E-state index < -0.39 is 17.5 Å². The van der Waals surface area contributed by atoms with Crippen molar-refractivity contribution in [3.8, 4) is 5.75 Å². The number of hydrogen-bond donors (Lipinski definition) is 2. The van der Waals surface area contributed by atoms with Gasteiger partial charge in [0.05, 0.1) is 18.9 Å². The first-order valence-electron chi connectivity index (χ1n) is 8.17. The number of hydrogen-bond acceptors (Lipinski definition) is 5. The van der Waals surface area contributed by atoms with Gasteiger partial charge in [-0.15, -0.1) is 0 Å². The maximum absolute atomic E-state index is 11.9. The lowest BCUT2D eigenvalue weighted by molar-refractivity contribution is -0.165. The number of ether oxygens (including phenoxy) is 1. The van der Waals surface area contributed by atoms with Gasteiger partial charge in [-0.2, -0.15) is 0 Å². The van der Waals surface area contributed by atoms with Gasteiger partial charge in [-0.05, 0) is 30.9 Å². The second-order valence-electron chi connectivity index (χ2n) is 6.78. The Hall–Kier alpha value is -1.66. The molecular weight excluding hydrogens is 296 g/mol. The molecule has 6 heteroatoms. The number of likely N-dealkylation sites (tertiary alicyclic amines) is 1. The van der Waals surface area contributed by atoms with Crippen LogP contribution in [0.5, 0.6) is 5.75 Å². The fourth-order valence-electron chi connectivity index (χ4n) is 3.57. The monoisotopic (exact) mass is 320 g/mol. The summed E-state index contributed by atoms with van der Waals surface area (Å²) >= 11 is 0. The van der Waals surface area contributed by atoms with Gasteiger partial charge in [0.15, 0.2) is 0 Å². The van der Waals surface area contributed by atoms with Crippen molar-refractivity contribution in [2.24, 2.45) is 11.3 Å². The van der Waals surface area contributed by atoms with E-state index in [2.05, 4.69) is 9.88 Å². The molecule has 2 aliphatic rings. The largest absolute Gasteiger partial charge is 0.495 e. The summed E-state index contributed by atoms with van der Waals surface area (Å²) in [5, 5.41) is 20.2. The Morgan fingerprint density at radius 2 is 2.26 bits per heavy atom. The number of aliphatic carboxylic acids is 1. The van der Waals surface area contributed by atoms with Crippen molar-refractivity contribution in [3.63, 3.8) is 0 Å². The van der Waals surface area contributed by atoms with Crippen LogP contribution >= 0.6 is 0 Å². The Morgan fingerprint density at radius 1 is 1.48 bits per heavy atom. The first-order chi connectivity index (χ1) is 11.0. The van der Waals surface area contributed by atoms with Crippen LogP contribution in [0.4, 0.5) is 0 Å². The Bertz CT molecular complexity index is 575. The summed E-state index contributed by atoms with van der Waals surface area (Å²) in [6.07, 6.45) is 4.15. The molecule has 1 saturated carbocycles. The van der Waals surface area contributed by atoms with Crippen molar-refractivity contribution in [2.45, 2.75) is 38.3 Å². The highest BCUT2D eigenvalue weighted by molar-refractivity contribution is 5.76. The standard InChI is InChI=1S/C17H24N2O4/c1-23-14-3-2-7-18-13(14)10-19-8-6-15(20)17(11-19,16(21)22)9-12-4-5-12/h2-3,7,12,15,20H,4-6,8-11H2,1H3,(H,21,22)/t15-,17-/m1/s1. The van der Waals surface area contributed by atoms with Crippen molar-refractivity contribution < 1.29 is 19.7 Å². The quantitative estimate of drug-likeness (QED) is 0.827. The van der Waals surface area contributed by atoms with Gasteiger partial charge < -0.3 is 14.9 Å².